The quantitative estimate of drug-likeness (QED) is 0.847. The molecule has 2 rings (SSSR count). The Hall–Kier alpha value is -1.39. The summed E-state index contributed by atoms with van der Waals surface area (Å²) in [6.45, 7) is 3.61. The van der Waals surface area contributed by atoms with Crippen LogP contribution in [-0.4, -0.2) is 5.75 Å². The summed E-state index contributed by atoms with van der Waals surface area (Å²) >= 11 is 1.51. The smallest absolute Gasteiger partial charge is 0.133 e. The number of hydrogen-bond acceptors (Lipinski definition) is 2. The van der Waals surface area contributed by atoms with Gasteiger partial charge >= 0.3 is 0 Å². The third-order valence-electron chi connectivity index (χ3n) is 3.20. The van der Waals surface area contributed by atoms with Crippen molar-refractivity contribution in [3.8, 4) is 0 Å². The number of benzene rings is 2. The van der Waals surface area contributed by atoms with E-state index in [4.69, 9.17) is 5.73 Å². The Labute approximate surface area is 122 Å². The summed E-state index contributed by atoms with van der Waals surface area (Å²) in [5.41, 5.74) is 7.49. The first-order valence-electron chi connectivity index (χ1n) is 6.39. The molecule has 20 heavy (non-hydrogen) atoms. The van der Waals surface area contributed by atoms with Gasteiger partial charge in [0.1, 0.15) is 11.6 Å². The molecule has 4 heteroatoms. The van der Waals surface area contributed by atoms with Gasteiger partial charge in [-0.05, 0) is 37.1 Å². The van der Waals surface area contributed by atoms with E-state index < -0.39 is 17.7 Å². The van der Waals surface area contributed by atoms with Crippen LogP contribution in [0.15, 0.2) is 41.3 Å². The molecular weight excluding hydrogens is 276 g/mol. The van der Waals surface area contributed by atoms with E-state index in [0.717, 1.165) is 10.5 Å². The van der Waals surface area contributed by atoms with Crippen molar-refractivity contribution in [2.45, 2.75) is 24.8 Å². The Morgan fingerprint density at radius 3 is 2.45 bits per heavy atom. The summed E-state index contributed by atoms with van der Waals surface area (Å²) in [4.78, 5) is 1.08. The largest absolute Gasteiger partial charge is 0.323 e. The molecule has 2 N–H and O–H groups in total. The molecule has 0 saturated heterocycles. The molecule has 0 radical (unpaired) electrons. The van der Waals surface area contributed by atoms with Crippen LogP contribution in [0.25, 0.3) is 0 Å². The Morgan fingerprint density at radius 1 is 1.05 bits per heavy atom. The molecule has 0 saturated carbocycles. The second-order valence-corrected chi connectivity index (χ2v) is 5.84. The van der Waals surface area contributed by atoms with Crippen molar-refractivity contribution < 1.29 is 8.78 Å². The van der Waals surface area contributed by atoms with Crippen LogP contribution in [0.2, 0.25) is 0 Å². The van der Waals surface area contributed by atoms with Crippen molar-refractivity contribution in [2.24, 2.45) is 5.73 Å². The van der Waals surface area contributed by atoms with Crippen LogP contribution in [0, 0.1) is 25.5 Å². The number of rotatable bonds is 4. The molecule has 1 atom stereocenters. The molecule has 1 unspecified atom stereocenters. The normalized spacial score (nSPS) is 12.4. The third kappa shape index (κ3) is 3.19. The predicted molar refractivity (Wildman–Crippen MR) is 79.9 cm³/mol. The highest BCUT2D eigenvalue weighted by molar-refractivity contribution is 7.99. The highest BCUT2D eigenvalue weighted by Gasteiger charge is 2.18. The monoisotopic (exact) mass is 293 g/mol. The van der Waals surface area contributed by atoms with Gasteiger partial charge in [-0.3, -0.25) is 0 Å². The molecule has 0 aliphatic heterocycles. The van der Waals surface area contributed by atoms with Crippen molar-refractivity contribution in [1.29, 1.82) is 0 Å². The van der Waals surface area contributed by atoms with Crippen LogP contribution < -0.4 is 5.73 Å². The third-order valence-corrected chi connectivity index (χ3v) is 4.50. The second kappa shape index (κ2) is 6.37. The minimum absolute atomic E-state index is 0.0221. The summed E-state index contributed by atoms with van der Waals surface area (Å²) in [5.74, 6) is -0.684. The first-order chi connectivity index (χ1) is 9.50. The summed E-state index contributed by atoms with van der Waals surface area (Å²) < 4.78 is 27.7. The maximum absolute atomic E-state index is 14.0. The van der Waals surface area contributed by atoms with Crippen LogP contribution in [0.4, 0.5) is 8.78 Å². The van der Waals surface area contributed by atoms with Crippen molar-refractivity contribution in [2.75, 3.05) is 5.75 Å². The van der Waals surface area contributed by atoms with E-state index in [1.807, 2.05) is 31.2 Å². The molecule has 2 aromatic carbocycles. The lowest BCUT2D eigenvalue weighted by Gasteiger charge is -2.15. The van der Waals surface area contributed by atoms with Crippen LogP contribution in [0.3, 0.4) is 0 Å². The number of thioether (sulfide) groups is 1. The summed E-state index contributed by atoms with van der Waals surface area (Å²) in [6, 6.07) is 9.91. The van der Waals surface area contributed by atoms with E-state index in [1.54, 1.807) is 6.92 Å². The topological polar surface area (TPSA) is 26.0 Å². The number of aryl methyl sites for hydroxylation is 2. The Morgan fingerprint density at radius 2 is 1.75 bits per heavy atom. The SMILES string of the molecule is Cc1ccccc1SCC(N)c1c(F)ccc(C)c1F. The van der Waals surface area contributed by atoms with Gasteiger partial charge in [-0.2, -0.15) is 0 Å². The first-order valence-corrected chi connectivity index (χ1v) is 7.37. The average Bonchev–Trinajstić information content (AvgIpc) is 2.42. The van der Waals surface area contributed by atoms with E-state index in [1.165, 1.54) is 23.9 Å². The van der Waals surface area contributed by atoms with Crippen molar-refractivity contribution in [3.05, 3.63) is 64.7 Å². The Bertz CT molecular complexity index is 613. The first kappa shape index (κ1) is 15.0. The minimum Gasteiger partial charge on any atom is -0.323 e. The zero-order chi connectivity index (χ0) is 14.7. The molecule has 0 spiro atoms. The van der Waals surface area contributed by atoms with E-state index >= 15 is 0 Å². The Kier molecular flexibility index (Phi) is 4.78. The lowest BCUT2D eigenvalue weighted by molar-refractivity contribution is 0.533. The van der Waals surface area contributed by atoms with Crippen LogP contribution >= 0.6 is 11.8 Å². The fourth-order valence-electron chi connectivity index (χ4n) is 2.00. The lowest BCUT2D eigenvalue weighted by Crippen LogP contribution is -2.17. The fourth-order valence-corrected chi connectivity index (χ4v) is 3.00. The van der Waals surface area contributed by atoms with E-state index in [9.17, 15) is 8.78 Å². The molecule has 2 aromatic rings. The summed E-state index contributed by atoms with van der Waals surface area (Å²) in [6.07, 6.45) is 0. The van der Waals surface area contributed by atoms with Crippen molar-refractivity contribution in [3.63, 3.8) is 0 Å². The van der Waals surface area contributed by atoms with Crippen LogP contribution in [-0.2, 0) is 0 Å². The minimum atomic E-state index is -0.667. The van der Waals surface area contributed by atoms with Gasteiger partial charge < -0.3 is 5.73 Å². The molecule has 0 fully saturated rings. The number of hydrogen-bond donors (Lipinski definition) is 1. The molecule has 0 aliphatic rings. The predicted octanol–water partition coefficient (Wildman–Crippen LogP) is 4.37. The van der Waals surface area contributed by atoms with Crippen molar-refractivity contribution >= 4 is 11.8 Å². The van der Waals surface area contributed by atoms with Gasteiger partial charge in [-0.25, -0.2) is 8.78 Å². The lowest BCUT2D eigenvalue weighted by atomic mass is 10.0. The highest BCUT2D eigenvalue weighted by Crippen LogP contribution is 2.29. The molecule has 0 heterocycles. The maximum Gasteiger partial charge on any atom is 0.133 e. The molecule has 0 aliphatic carbocycles. The number of nitrogens with two attached hydrogens (primary N) is 1. The van der Waals surface area contributed by atoms with Crippen molar-refractivity contribution in [1.82, 2.24) is 0 Å². The summed E-state index contributed by atoms with van der Waals surface area (Å²) in [5, 5.41) is 0. The van der Waals surface area contributed by atoms with Crippen LogP contribution in [0.5, 0.6) is 0 Å². The van der Waals surface area contributed by atoms with E-state index in [-0.39, 0.29) is 5.56 Å². The van der Waals surface area contributed by atoms with Gasteiger partial charge in [-0.15, -0.1) is 11.8 Å². The Balaban J connectivity index is 2.15. The molecule has 0 aromatic heterocycles. The summed E-state index contributed by atoms with van der Waals surface area (Å²) in [7, 11) is 0. The zero-order valence-corrected chi connectivity index (χ0v) is 12.3. The van der Waals surface area contributed by atoms with E-state index in [2.05, 4.69) is 0 Å². The molecule has 0 amide bonds. The van der Waals surface area contributed by atoms with Gasteiger partial charge in [0, 0.05) is 22.3 Å². The van der Waals surface area contributed by atoms with Gasteiger partial charge in [0.25, 0.3) is 0 Å². The van der Waals surface area contributed by atoms with Gasteiger partial charge in [0.15, 0.2) is 0 Å². The number of halogens is 2. The van der Waals surface area contributed by atoms with Gasteiger partial charge in [0.05, 0.1) is 0 Å². The highest BCUT2D eigenvalue weighted by atomic mass is 32.2. The average molecular weight is 293 g/mol. The zero-order valence-electron chi connectivity index (χ0n) is 11.5. The van der Waals surface area contributed by atoms with E-state index in [0.29, 0.717) is 11.3 Å². The fraction of sp³-hybridized carbons (Fsp3) is 0.250. The molecule has 1 nitrogen and oxygen atoms in total. The van der Waals surface area contributed by atoms with Crippen LogP contribution in [0.1, 0.15) is 22.7 Å². The van der Waals surface area contributed by atoms with Gasteiger partial charge in [-0.1, -0.05) is 24.3 Å². The van der Waals surface area contributed by atoms with Gasteiger partial charge in [0.2, 0.25) is 0 Å². The standard InChI is InChI=1S/C16H17F2NS/c1-10-5-3-4-6-14(10)20-9-13(19)15-12(17)8-7-11(2)16(15)18/h3-8,13H,9,19H2,1-2H3. The maximum atomic E-state index is 14.0. The molecule has 0 bridgehead atoms. The second-order valence-electron chi connectivity index (χ2n) is 4.77. The molecular formula is C16H17F2NS. The molecule has 106 valence electrons.